The van der Waals surface area contributed by atoms with E-state index in [1.807, 2.05) is 4.90 Å². The number of hydrogen-bond donors (Lipinski definition) is 4. The van der Waals surface area contributed by atoms with E-state index in [-0.39, 0.29) is 5.71 Å². The summed E-state index contributed by atoms with van der Waals surface area (Å²) in [4.78, 5) is 5.83. The topological polar surface area (TPSA) is 109 Å². The van der Waals surface area contributed by atoms with Crippen LogP contribution in [-0.2, 0) is 0 Å². The lowest BCUT2D eigenvalue weighted by Crippen LogP contribution is -2.59. The van der Waals surface area contributed by atoms with Crippen LogP contribution in [0.4, 0.5) is 0 Å². The number of aliphatic hydroxyl groups excluding tert-OH is 1. The number of hydroxylamine groups is 2. The van der Waals surface area contributed by atoms with Crippen molar-refractivity contribution in [2.45, 2.75) is 31.8 Å². The average molecular weight is 227 g/mol. The summed E-state index contributed by atoms with van der Waals surface area (Å²) in [7, 11) is 0. The molecule has 2 atom stereocenters. The van der Waals surface area contributed by atoms with Crippen LogP contribution in [0, 0.1) is 5.41 Å². The van der Waals surface area contributed by atoms with Crippen molar-refractivity contribution < 1.29 is 10.3 Å². The zero-order chi connectivity index (χ0) is 11.7. The van der Waals surface area contributed by atoms with Crippen molar-refractivity contribution >= 4 is 11.5 Å². The van der Waals surface area contributed by atoms with Crippen LogP contribution >= 0.6 is 0 Å². The molecule has 0 aromatic rings. The first-order valence-electron chi connectivity index (χ1n) is 5.43. The molecule has 2 aliphatic heterocycles. The Labute approximate surface area is 93.6 Å². The van der Waals surface area contributed by atoms with Crippen molar-refractivity contribution in [1.29, 1.82) is 5.41 Å². The van der Waals surface area contributed by atoms with Crippen LogP contribution < -0.4 is 5.73 Å². The second kappa shape index (κ2) is 4.46. The number of aliphatic imine (C=N–C) groups is 1. The van der Waals surface area contributed by atoms with E-state index in [0.29, 0.717) is 10.9 Å². The fourth-order valence-electron chi connectivity index (χ4n) is 2.00. The molecule has 2 aliphatic rings. The summed E-state index contributed by atoms with van der Waals surface area (Å²) in [6, 6.07) is 0. The minimum atomic E-state index is -1.37. The summed E-state index contributed by atoms with van der Waals surface area (Å²) in [5.74, 6) is 0.407. The molecule has 0 aromatic heterocycles. The predicted octanol–water partition coefficient (Wildman–Crippen LogP) is -0.844. The van der Waals surface area contributed by atoms with Gasteiger partial charge < -0.3 is 20.9 Å². The zero-order valence-electron chi connectivity index (χ0n) is 9.00. The normalized spacial score (nSPS) is 32.8. The van der Waals surface area contributed by atoms with Crippen molar-refractivity contribution in [2.24, 2.45) is 10.7 Å². The SMILES string of the molecule is N=C1C(N2CCCCC2)=NC(O)N(O)C1N. The number of aliphatic hydroxyl groups is 1. The molecule has 1 fully saturated rings. The lowest BCUT2D eigenvalue weighted by molar-refractivity contribution is -0.206. The van der Waals surface area contributed by atoms with Gasteiger partial charge in [0.1, 0.15) is 11.9 Å². The van der Waals surface area contributed by atoms with Crippen LogP contribution in [0.1, 0.15) is 19.3 Å². The molecule has 2 unspecified atom stereocenters. The van der Waals surface area contributed by atoms with E-state index in [1.165, 1.54) is 6.42 Å². The molecular formula is C9H17N5O2. The van der Waals surface area contributed by atoms with Crippen molar-refractivity contribution in [2.75, 3.05) is 13.1 Å². The molecular weight excluding hydrogens is 210 g/mol. The maximum atomic E-state index is 9.45. The Morgan fingerprint density at radius 2 is 1.94 bits per heavy atom. The predicted molar refractivity (Wildman–Crippen MR) is 58.2 cm³/mol. The lowest BCUT2D eigenvalue weighted by atomic mass is 10.1. The van der Waals surface area contributed by atoms with Gasteiger partial charge in [-0.15, -0.1) is 5.06 Å². The van der Waals surface area contributed by atoms with E-state index in [9.17, 15) is 10.3 Å². The van der Waals surface area contributed by atoms with Gasteiger partial charge in [0.2, 0.25) is 6.35 Å². The minimum absolute atomic E-state index is 0.0506. The Hall–Kier alpha value is -1.02. The molecule has 0 aromatic carbocycles. The number of nitrogens with zero attached hydrogens (tertiary/aromatic N) is 3. The van der Waals surface area contributed by atoms with Crippen LogP contribution in [0.15, 0.2) is 4.99 Å². The molecule has 2 heterocycles. The molecule has 90 valence electrons. The third-order valence-corrected chi connectivity index (χ3v) is 2.95. The molecule has 5 N–H and O–H groups in total. The van der Waals surface area contributed by atoms with E-state index >= 15 is 0 Å². The van der Waals surface area contributed by atoms with Crippen LogP contribution in [0.3, 0.4) is 0 Å². The van der Waals surface area contributed by atoms with E-state index in [0.717, 1.165) is 25.9 Å². The summed E-state index contributed by atoms with van der Waals surface area (Å²) in [6.07, 6.45) is 0.907. The van der Waals surface area contributed by atoms with Crippen LogP contribution in [-0.4, -0.2) is 57.4 Å². The first-order chi connectivity index (χ1) is 7.61. The number of nitrogens with one attached hydrogen (secondary N) is 1. The van der Waals surface area contributed by atoms with Gasteiger partial charge in [-0.25, -0.2) is 4.99 Å². The Bertz CT molecular complexity index is 313. The van der Waals surface area contributed by atoms with Crippen molar-refractivity contribution in [3.05, 3.63) is 0 Å². The molecule has 2 rings (SSSR count). The largest absolute Gasteiger partial charge is 0.358 e. The van der Waals surface area contributed by atoms with Gasteiger partial charge >= 0.3 is 0 Å². The fourth-order valence-corrected chi connectivity index (χ4v) is 2.00. The van der Waals surface area contributed by atoms with Crippen molar-refractivity contribution in [1.82, 2.24) is 9.96 Å². The molecule has 7 heteroatoms. The molecule has 0 radical (unpaired) electrons. The third kappa shape index (κ3) is 1.94. The minimum Gasteiger partial charge on any atom is -0.358 e. The van der Waals surface area contributed by atoms with Gasteiger partial charge in [-0.05, 0) is 19.3 Å². The second-order valence-corrected chi connectivity index (χ2v) is 4.09. The zero-order valence-corrected chi connectivity index (χ0v) is 9.00. The summed E-state index contributed by atoms with van der Waals surface area (Å²) >= 11 is 0. The molecule has 1 saturated heterocycles. The monoisotopic (exact) mass is 227 g/mol. The number of amidine groups is 1. The van der Waals surface area contributed by atoms with E-state index in [2.05, 4.69) is 4.99 Å². The van der Waals surface area contributed by atoms with Gasteiger partial charge in [0.25, 0.3) is 0 Å². The second-order valence-electron chi connectivity index (χ2n) is 4.09. The highest BCUT2D eigenvalue weighted by Gasteiger charge is 2.34. The van der Waals surface area contributed by atoms with E-state index in [1.54, 1.807) is 0 Å². The maximum Gasteiger partial charge on any atom is 0.230 e. The van der Waals surface area contributed by atoms with Gasteiger partial charge in [-0.3, -0.25) is 5.41 Å². The van der Waals surface area contributed by atoms with E-state index < -0.39 is 12.5 Å². The smallest absolute Gasteiger partial charge is 0.230 e. The quantitative estimate of drug-likeness (QED) is 0.431. The van der Waals surface area contributed by atoms with Crippen LogP contribution in [0.25, 0.3) is 0 Å². The first-order valence-corrected chi connectivity index (χ1v) is 5.43. The standard InChI is InChI=1S/C9H17N5O2/c10-6-7(11)14(16)9(15)12-8(6)13-4-2-1-3-5-13/h7,9-10,15-16H,1-5,11H2. The Morgan fingerprint density at radius 1 is 1.31 bits per heavy atom. The number of likely N-dealkylation sites (tertiary alicyclic amines) is 1. The maximum absolute atomic E-state index is 9.45. The van der Waals surface area contributed by atoms with Gasteiger partial charge in [0.05, 0.1) is 0 Å². The van der Waals surface area contributed by atoms with Crippen molar-refractivity contribution in [3.8, 4) is 0 Å². The third-order valence-electron chi connectivity index (χ3n) is 2.95. The number of hydrogen-bond acceptors (Lipinski definition) is 7. The molecule has 0 amide bonds. The Morgan fingerprint density at radius 3 is 2.56 bits per heavy atom. The fraction of sp³-hybridized carbons (Fsp3) is 0.778. The number of rotatable bonds is 0. The van der Waals surface area contributed by atoms with Crippen LogP contribution in [0.2, 0.25) is 0 Å². The number of piperidine rings is 1. The molecule has 0 aliphatic carbocycles. The summed E-state index contributed by atoms with van der Waals surface area (Å²) in [5, 5.41) is 27.1. The summed E-state index contributed by atoms with van der Waals surface area (Å²) in [6.45, 7) is 1.65. The van der Waals surface area contributed by atoms with Gasteiger partial charge in [0.15, 0.2) is 5.84 Å². The lowest BCUT2D eigenvalue weighted by Gasteiger charge is -2.37. The molecule has 0 saturated carbocycles. The van der Waals surface area contributed by atoms with E-state index in [4.69, 9.17) is 11.1 Å². The van der Waals surface area contributed by atoms with Gasteiger partial charge in [-0.2, -0.15) is 0 Å². The highest BCUT2D eigenvalue weighted by Crippen LogP contribution is 2.15. The molecule has 7 nitrogen and oxygen atoms in total. The van der Waals surface area contributed by atoms with Gasteiger partial charge in [0, 0.05) is 13.1 Å². The summed E-state index contributed by atoms with van der Waals surface area (Å²) < 4.78 is 0. The highest BCUT2D eigenvalue weighted by molar-refractivity contribution is 6.42. The Kier molecular flexibility index (Phi) is 3.20. The molecule has 16 heavy (non-hydrogen) atoms. The average Bonchev–Trinajstić information content (AvgIpc) is 2.32. The van der Waals surface area contributed by atoms with Crippen LogP contribution in [0.5, 0.6) is 0 Å². The van der Waals surface area contributed by atoms with Gasteiger partial charge in [-0.1, -0.05) is 0 Å². The first kappa shape index (κ1) is 11.5. The molecule has 0 spiro atoms. The summed E-state index contributed by atoms with van der Waals surface area (Å²) in [5.41, 5.74) is 5.64. The Balaban J connectivity index is 2.18. The van der Waals surface area contributed by atoms with Crippen molar-refractivity contribution in [3.63, 3.8) is 0 Å². The highest BCUT2D eigenvalue weighted by atomic mass is 16.5. The number of nitrogens with two attached hydrogens (primary N) is 1. The molecule has 0 bridgehead atoms.